The van der Waals surface area contributed by atoms with Crippen LogP contribution in [0.3, 0.4) is 0 Å². The molecule has 0 saturated carbocycles. The van der Waals surface area contributed by atoms with E-state index in [1.54, 1.807) is 6.07 Å². The number of morpholine rings is 1. The zero-order valence-electron chi connectivity index (χ0n) is 15.6. The molecule has 0 unspecified atom stereocenters. The highest BCUT2D eigenvalue weighted by molar-refractivity contribution is 7.89. The summed E-state index contributed by atoms with van der Waals surface area (Å²) in [5, 5.41) is 6.58. The second kappa shape index (κ2) is 7.41. The van der Waals surface area contributed by atoms with Crippen molar-refractivity contribution < 1.29 is 22.5 Å². The summed E-state index contributed by atoms with van der Waals surface area (Å²) < 4.78 is 36.9. The molecule has 27 heavy (non-hydrogen) atoms. The Kier molecular flexibility index (Phi) is 5.36. The van der Waals surface area contributed by atoms with Crippen LogP contribution in [0, 0.1) is 0 Å². The molecule has 1 aromatic carbocycles. The van der Waals surface area contributed by atoms with Crippen molar-refractivity contribution in [3.63, 3.8) is 0 Å². The molecule has 3 rings (SSSR count). The Morgan fingerprint density at radius 1 is 1.15 bits per heavy atom. The van der Waals surface area contributed by atoms with E-state index in [0.717, 1.165) is 5.69 Å². The van der Waals surface area contributed by atoms with E-state index >= 15 is 0 Å². The number of ether oxygens (including phenoxy) is 1. The highest BCUT2D eigenvalue weighted by atomic mass is 32.2. The van der Waals surface area contributed by atoms with E-state index < -0.39 is 15.9 Å². The number of benzene rings is 1. The molecule has 1 N–H and O–H groups in total. The molecule has 2 heterocycles. The Morgan fingerprint density at radius 2 is 1.78 bits per heavy atom. The van der Waals surface area contributed by atoms with Crippen molar-refractivity contribution in [2.24, 2.45) is 0 Å². The van der Waals surface area contributed by atoms with Crippen LogP contribution in [0.2, 0.25) is 0 Å². The monoisotopic (exact) mass is 393 g/mol. The Labute approximate surface area is 158 Å². The molecular weight excluding hydrogens is 370 g/mol. The molecule has 1 fully saturated rings. The van der Waals surface area contributed by atoms with E-state index in [9.17, 15) is 13.2 Å². The van der Waals surface area contributed by atoms with Crippen LogP contribution in [0.4, 0.5) is 5.88 Å². The number of sulfonamides is 1. The molecule has 1 saturated heterocycles. The fraction of sp³-hybridized carbons (Fsp3) is 0.444. The van der Waals surface area contributed by atoms with Crippen LogP contribution in [0.5, 0.6) is 0 Å². The first-order valence-corrected chi connectivity index (χ1v) is 10.1. The van der Waals surface area contributed by atoms with E-state index in [2.05, 4.69) is 10.5 Å². The molecule has 1 aromatic heterocycles. The maximum absolute atomic E-state index is 12.6. The van der Waals surface area contributed by atoms with Crippen LogP contribution in [-0.2, 0) is 20.2 Å². The van der Waals surface area contributed by atoms with Crippen molar-refractivity contribution in [3.05, 3.63) is 41.6 Å². The molecule has 0 aliphatic carbocycles. The van der Waals surface area contributed by atoms with Crippen molar-refractivity contribution in [2.75, 3.05) is 31.6 Å². The van der Waals surface area contributed by atoms with Crippen LogP contribution < -0.4 is 5.32 Å². The number of nitrogens with one attached hydrogen (secondary N) is 1. The molecule has 8 nitrogen and oxygen atoms in total. The molecule has 1 amide bonds. The Morgan fingerprint density at radius 3 is 2.33 bits per heavy atom. The highest BCUT2D eigenvalue weighted by Gasteiger charge is 2.26. The maximum Gasteiger partial charge on any atom is 0.258 e. The normalized spacial score (nSPS) is 16.3. The lowest BCUT2D eigenvalue weighted by molar-refractivity contribution is 0.0730. The summed E-state index contributed by atoms with van der Waals surface area (Å²) in [5.41, 5.74) is 0.858. The van der Waals surface area contributed by atoms with Gasteiger partial charge in [0.25, 0.3) is 5.91 Å². The molecule has 0 bridgehead atoms. The molecule has 146 valence electrons. The molecule has 9 heteroatoms. The molecule has 0 radical (unpaired) electrons. The van der Waals surface area contributed by atoms with Gasteiger partial charge in [0.05, 0.1) is 23.8 Å². The number of carbonyl (C=O) groups excluding carboxylic acids is 1. The predicted octanol–water partition coefficient (Wildman–Crippen LogP) is 2.25. The Hall–Kier alpha value is -2.23. The van der Waals surface area contributed by atoms with Gasteiger partial charge < -0.3 is 9.26 Å². The van der Waals surface area contributed by atoms with Crippen LogP contribution >= 0.6 is 0 Å². The van der Waals surface area contributed by atoms with Gasteiger partial charge in [-0.2, -0.15) is 4.31 Å². The second-order valence-corrected chi connectivity index (χ2v) is 9.26. The van der Waals surface area contributed by atoms with Gasteiger partial charge in [-0.3, -0.25) is 10.1 Å². The molecule has 1 aliphatic rings. The predicted molar refractivity (Wildman–Crippen MR) is 99.2 cm³/mol. The first kappa shape index (κ1) is 19.5. The van der Waals surface area contributed by atoms with Gasteiger partial charge in [0, 0.05) is 30.1 Å². The summed E-state index contributed by atoms with van der Waals surface area (Å²) in [6, 6.07) is 7.49. The van der Waals surface area contributed by atoms with E-state index in [1.807, 2.05) is 20.8 Å². The van der Waals surface area contributed by atoms with Gasteiger partial charge in [0.1, 0.15) is 0 Å². The number of amides is 1. The summed E-state index contributed by atoms with van der Waals surface area (Å²) in [4.78, 5) is 12.5. The quantitative estimate of drug-likeness (QED) is 0.855. The van der Waals surface area contributed by atoms with Crippen molar-refractivity contribution >= 4 is 21.8 Å². The standard InChI is InChI=1S/C18H23N3O5S/c1-18(2,3)15-12-16(26-20-15)19-17(22)13-4-6-14(7-5-13)27(23,24)21-8-10-25-11-9-21/h4-7,12H,8-11H2,1-3H3,(H,19,22). The van der Waals surface area contributed by atoms with Crippen LogP contribution in [0.1, 0.15) is 36.8 Å². The fourth-order valence-electron chi connectivity index (χ4n) is 2.59. The zero-order valence-corrected chi connectivity index (χ0v) is 16.4. The number of anilines is 1. The summed E-state index contributed by atoms with van der Waals surface area (Å²) in [6.45, 7) is 7.39. The minimum atomic E-state index is -3.58. The minimum absolute atomic E-state index is 0.149. The number of carbonyl (C=O) groups is 1. The van der Waals surface area contributed by atoms with Crippen molar-refractivity contribution in [1.29, 1.82) is 0 Å². The zero-order chi connectivity index (χ0) is 19.7. The summed E-state index contributed by atoms with van der Waals surface area (Å²) in [6.07, 6.45) is 0. The summed E-state index contributed by atoms with van der Waals surface area (Å²) in [5.74, 6) is -0.156. The van der Waals surface area contributed by atoms with Crippen molar-refractivity contribution in [2.45, 2.75) is 31.1 Å². The lowest BCUT2D eigenvalue weighted by Crippen LogP contribution is -2.40. The summed E-state index contributed by atoms with van der Waals surface area (Å²) >= 11 is 0. The number of nitrogens with zero attached hydrogens (tertiary/aromatic N) is 2. The maximum atomic E-state index is 12.6. The van der Waals surface area contributed by atoms with Crippen molar-refractivity contribution in [3.8, 4) is 0 Å². The first-order valence-electron chi connectivity index (χ1n) is 8.64. The first-order chi connectivity index (χ1) is 12.7. The van der Waals surface area contributed by atoms with E-state index in [0.29, 0.717) is 31.9 Å². The van der Waals surface area contributed by atoms with Gasteiger partial charge in [0.15, 0.2) is 0 Å². The third-order valence-corrected chi connectivity index (χ3v) is 6.15. The fourth-order valence-corrected chi connectivity index (χ4v) is 3.99. The van der Waals surface area contributed by atoms with Gasteiger partial charge >= 0.3 is 0 Å². The molecule has 0 spiro atoms. The van der Waals surface area contributed by atoms with E-state index in [1.165, 1.54) is 28.6 Å². The number of aromatic nitrogens is 1. The SMILES string of the molecule is CC(C)(C)c1cc(NC(=O)c2ccc(S(=O)(=O)N3CCOCC3)cc2)on1. The topological polar surface area (TPSA) is 102 Å². The molecule has 0 atom stereocenters. The smallest absolute Gasteiger partial charge is 0.258 e. The lowest BCUT2D eigenvalue weighted by atomic mass is 9.92. The largest absolute Gasteiger partial charge is 0.379 e. The Bertz CT molecular complexity index is 907. The van der Waals surface area contributed by atoms with E-state index in [4.69, 9.17) is 9.26 Å². The molecule has 2 aromatic rings. The number of hydrogen-bond acceptors (Lipinski definition) is 6. The number of hydrogen-bond donors (Lipinski definition) is 1. The third-order valence-electron chi connectivity index (χ3n) is 4.24. The average molecular weight is 393 g/mol. The third kappa shape index (κ3) is 4.37. The highest BCUT2D eigenvalue weighted by Crippen LogP contribution is 2.24. The molecule has 1 aliphatic heterocycles. The van der Waals surface area contributed by atoms with Gasteiger partial charge in [-0.25, -0.2) is 8.42 Å². The second-order valence-electron chi connectivity index (χ2n) is 7.32. The van der Waals surface area contributed by atoms with E-state index in [-0.39, 0.29) is 16.2 Å². The lowest BCUT2D eigenvalue weighted by Gasteiger charge is -2.26. The Balaban J connectivity index is 1.71. The van der Waals surface area contributed by atoms with Crippen molar-refractivity contribution in [1.82, 2.24) is 9.46 Å². The molecular formula is C18H23N3O5S. The van der Waals surface area contributed by atoms with Crippen LogP contribution in [0.25, 0.3) is 0 Å². The van der Waals surface area contributed by atoms with Crippen LogP contribution in [0.15, 0.2) is 39.8 Å². The van der Waals surface area contributed by atoms with Gasteiger partial charge in [-0.15, -0.1) is 0 Å². The number of rotatable bonds is 4. The summed E-state index contributed by atoms with van der Waals surface area (Å²) in [7, 11) is -3.58. The van der Waals surface area contributed by atoms with Gasteiger partial charge in [-0.1, -0.05) is 25.9 Å². The minimum Gasteiger partial charge on any atom is -0.379 e. The average Bonchev–Trinajstić information content (AvgIpc) is 3.11. The van der Waals surface area contributed by atoms with Gasteiger partial charge in [-0.05, 0) is 24.3 Å². The van der Waals surface area contributed by atoms with Gasteiger partial charge in [0.2, 0.25) is 15.9 Å². The van der Waals surface area contributed by atoms with Crippen LogP contribution in [-0.4, -0.2) is 50.1 Å².